The van der Waals surface area contributed by atoms with Crippen LogP contribution in [-0.2, 0) is 0 Å². The van der Waals surface area contributed by atoms with Crippen LogP contribution in [0.2, 0.25) is 0 Å². The van der Waals surface area contributed by atoms with E-state index in [9.17, 15) is 0 Å². The van der Waals surface area contributed by atoms with Crippen LogP contribution in [0.15, 0.2) is 0 Å². The van der Waals surface area contributed by atoms with Crippen molar-refractivity contribution in [3.8, 4) is 0 Å². The molecule has 1 unspecified atom stereocenters. The van der Waals surface area contributed by atoms with Crippen LogP contribution in [0.5, 0.6) is 0 Å². The van der Waals surface area contributed by atoms with E-state index < -0.39 is 0 Å². The predicted octanol–water partition coefficient (Wildman–Crippen LogP) is 3.71. The molecule has 1 N–H and O–H groups in total. The van der Waals surface area contributed by atoms with Gasteiger partial charge in [-0.1, -0.05) is 38.5 Å². The van der Waals surface area contributed by atoms with Crippen LogP contribution >= 0.6 is 0 Å². The molecule has 1 saturated heterocycles. The minimum atomic E-state index is 0.547. The zero-order valence-corrected chi connectivity index (χ0v) is 13.1. The SMILES string of the molecule is C1CCC(N2CC(C3CC3)NCC23CCCCC3)CC1. The second kappa shape index (κ2) is 5.61. The van der Waals surface area contributed by atoms with E-state index in [-0.39, 0.29) is 0 Å². The normalized spacial score (nSPS) is 36.3. The smallest absolute Gasteiger partial charge is 0.0337 e. The molecule has 0 bridgehead atoms. The van der Waals surface area contributed by atoms with Crippen LogP contribution in [0.3, 0.4) is 0 Å². The molecule has 2 heteroatoms. The third-order valence-corrected chi connectivity index (χ3v) is 6.69. The van der Waals surface area contributed by atoms with E-state index in [1.165, 1.54) is 90.1 Å². The first-order valence-corrected chi connectivity index (χ1v) is 9.38. The van der Waals surface area contributed by atoms with E-state index in [4.69, 9.17) is 0 Å². The first-order valence-electron chi connectivity index (χ1n) is 9.38. The van der Waals surface area contributed by atoms with Crippen molar-refractivity contribution in [3.63, 3.8) is 0 Å². The Morgan fingerprint density at radius 2 is 1.50 bits per heavy atom. The Hall–Kier alpha value is -0.0800. The van der Waals surface area contributed by atoms with Gasteiger partial charge in [-0.05, 0) is 44.4 Å². The van der Waals surface area contributed by atoms with Gasteiger partial charge in [0.05, 0.1) is 0 Å². The van der Waals surface area contributed by atoms with Gasteiger partial charge in [0.1, 0.15) is 0 Å². The third kappa shape index (κ3) is 2.54. The summed E-state index contributed by atoms with van der Waals surface area (Å²) in [6.07, 6.45) is 17.8. The monoisotopic (exact) mass is 276 g/mol. The van der Waals surface area contributed by atoms with E-state index in [2.05, 4.69) is 10.2 Å². The number of piperazine rings is 1. The lowest BCUT2D eigenvalue weighted by atomic mass is 9.76. The molecule has 20 heavy (non-hydrogen) atoms. The summed E-state index contributed by atoms with van der Waals surface area (Å²) in [4.78, 5) is 3.05. The van der Waals surface area contributed by atoms with E-state index in [0.717, 1.165) is 18.0 Å². The molecule has 2 nitrogen and oxygen atoms in total. The number of hydrogen-bond donors (Lipinski definition) is 1. The quantitative estimate of drug-likeness (QED) is 0.827. The van der Waals surface area contributed by atoms with Crippen LogP contribution in [-0.4, -0.2) is 35.6 Å². The van der Waals surface area contributed by atoms with Crippen molar-refractivity contribution in [2.75, 3.05) is 13.1 Å². The minimum absolute atomic E-state index is 0.547. The molecule has 0 amide bonds. The number of rotatable bonds is 2. The van der Waals surface area contributed by atoms with Gasteiger partial charge in [0, 0.05) is 30.7 Å². The van der Waals surface area contributed by atoms with Gasteiger partial charge in [-0.2, -0.15) is 0 Å². The van der Waals surface area contributed by atoms with Gasteiger partial charge in [0.15, 0.2) is 0 Å². The summed E-state index contributed by atoms with van der Waals surface area (Å²) in [5.41, 5.74) is 0.547. The highest BCUT2D eigenvalue weighted by atomic mass is 15.3. The Balaban J connectivity index is 1.53. The van der Waals surface area contributed by atoms with E-state index >= 15 is 0 Å². The fourth-order valence-corrected chi connectivity index (χ4v) is 5.31. The molecular formula is C18H32N2. The van der Waals surface area contributed by atoms with Gasteiger partial charge in [-0.3, -0.25) is 4.90 Å². The first-order chi connectivity index (χ1) is 9.87. The summed E-state index contributed by atoms with van der Waals surface area (Å²) in [7, 11) is 0. The molecule has 1 atom stereocenters. The summed E-state index contributed by atoms with van der Waals surface area (Å²) < 4.78 is 0. The molecule has 0 radical (unpaired) electrons. The second-order valence-electron chi connectivity index (χ2n) is 8.05. The summed E-state index contributed by atoms with van der Waals surface area (Å²) in [6.45, 7) is 2.67. The predicted molar refractivity (Wildman–Crippen MR) is 83.9 cm³/mol. The van der Waals surface area contributed by atoms with Crippen LogP contribution in [0.4, 0.5) is 0 Å². The molecular weight excluding hydrogens is 244 g/mol. The molecule has 4 aliphatic rings. The zero-order chi connectivity index (χ0) is 13.4. The molecule has 0 aromatic rings. The molecule has 4 fully saturated rings. The van der Waals surface area contributed by atoms with E-state index in [1.54, 1.807) is 0 Å². The zero-order valence-electron chi connectivity index (χ0n) is 13.1. The second-order valence-corrected chi connectivity index (χ2v) is 8.05. The fourth-order valence-electron chi connectivity index (χ4n) is 5.31. The van der Waals surface area contributed by atoms with E-state index in [1.807, 2.05) is 0 Å². The Bertz CT molecular complexity index is 324. The lowest BCUT2D eigenvalue weighted by Gasteiger charge is -2.56. The molecule has 114 valence electrons. The number of nitrogens with zero attached hydrogens (tertiary/aromatic N) is 1. The minimum Gasteiger partial charge on any atom is -0.311 e. The molecule has 1 aliphatic heterocycles. The lowest BCUT2D eigenvalue weighted by Crippen LogP contribution is -2.68. The van der Waals surface area contributed by atoms with Crippen molar-refractivity contribution in [2.45, 2.75) is 94.7 Å². The van der Waals surface area contributed by atoms with Crippen molar-refractivity contribution >= 4 is 0 Å². The first kappa shape index (κ1) is 13.6. The molecule has 1 heterocycles. The highest BCUT2D eigenvalue weighted by Crippen LogP contribution is 2.42. The Labute approximate surface area is 124 Å². The van der Waals surface area contributed by atoms with Crippen LogP contribution in [0.25, 0.3) is 0 Å². The van der Waals surface area contributed by atoms with Gasteiger partial charge in [0.25, 0.3) is 0 Å². The Morgan fingerprint density at radius 3 is 2.20 bits per heavy atom. The topological polar surface area (TPSA) is 15.3 Å². The largest absolute Gasteiger partial charge is 0.311 e. The average molecular weight is 276 g/mol. The molecule has 1 spiro atoms. The Kier molecular flexibility index (Phi) is 3.80. The Morgan fingerprint density at radius 1 is 0.800 bits per heavy atom. The standard InChI is InChI=1S/C18H32N2/c1-3-7-16(8-4-1)20-13-17(15-9-10-15)19-14-18(20)11-5-2-6-12-18/h15-17,19H,1-14H2. The highest BCUT2D eigenvalue weighted by molar-refractivity contribution is 5.05. The average Bonchev–Trinajstić information content (AvgIpc) is 3.34. The van der Waals surface area contributed by atoms with Gasteiger partial charge in [0.2, 0.25) is 0 Å². The van der Waals surface area contributed by atoms with Crippen LogP contribution < -0.4 is 5.32 Å². The van der Waals surface area contributed by atoms with Crippen molar-refractivity contribution in [3.05, 3.63) is 0 Å². The summed E-state index contributed by atoms with van der Waals surface area (Å²) in [5.74, 6) is 1.02. The third-order valence-electron chi connectivity index (χ3n) is 6.69. The van der Waals surface area contributed by atoms with Gasteiger partial charge < -0.3 is 5.32 Å². The van der Waals surface area contributed by atoms with Gasteiger partial charge >= 0.3 is 0 Å². The maximum Gasteiger partial charge on any atom is 0.0337 e. The van der Waals surface area contributed by atoms with E-state index in [0.29, 0.717) is 5.54 Å². The van der Waals surface area contributed by atoms with Crippen molar-refractivity contribution < 1.29 is 0 Å². The maximum atomic E-state index is 3.97. The summed E-state index contributed by atoms with van der Waals surface area (Å²) >= 11 is 0. The lowest BCUT2D eigenvalue weighted by molar-refractivity contribution is -0.0359. The van der Waals surface area contributed by atoms with Gasteiger partial charge in [-0.25, -0.2) is 0 Å². The molecule has 4 rings (SSSR count). The molecule has 0 aromatic heterocycles. The van der Waals surface area contributed by atoms with Crippen LogP contribution in [0.1, 0.15) is 77.0 Å². The number of hydrogen-bond acceptors (Lipinski definition) is 2. The van der Waals surface area contributed by atoms with Crippen molar-refractivity contribution in [2.24, 2.45) is 5.92 Å². The molecule has 0 aromatic carbocycles. The van der Waals surface area contributed by atoms with Crippen molar-refractivity contribution in [1.82, 2.24) is 10.2 Å². The summed E-state index contributed by atoms with van der Waals surface area (Å²) in [5, 5.41) is 3.97. The number of nitrogens with one attached hydrogen (secondary N) is 1. The fraction of sp³-hybridized carbons (Fsp3) is 1.00. The summed E-state index contributed by atoms with van der Waals surface area (Å²) in [6, 6.07) is 1.75. The molecule has 3 saturated carbocycles. The highest BCUT2D eigenvalue weighted by Gasteiger charge is 2.47. The van der Waals surface area contributed by atoms with Gasteiger partial charge in [-0.15, -0.1) is 0 Å². The maximum absolute atomic E-state index is 3.97. The van der Waals surface area contributed by atoms with Crippen LogP contribution in [0, 0.1) is 5.92 Å². The van der Waals surface area contributed by atoms with Crippen molar-refractivity contribution in [1.29, 1.82) is 0 Å². The molecule has 3 aliphatic carbocycles.